The number of halogens is 1. The van der Waals surface area contributed by atoms with Gasteiger partial charge in [-0.15, -0.1) is 0 Å². The summed E-state index contributed by atoms with van der Waals surface area (Å²) in [6.07, 6.45) is 0. The Morgan fingerprint density at radius 1 is 1.40 bits per heavy atom. The van der Waals surface area contributed by atoms with Gasteiger partial charge in [0.05, 0.1) is 0 Å². The first-order valence-corrected chi connectivity index (χ1v) is 17.7. The summed E-state index contributed by atoms with van der Waals surface area (Å²) >= 11 is 2.67. The van der Waals surface area contributed by atoms with E-state index in [1.54, 1.807) is 7.11 Å². The first kappa shape index (κ1) is 8.53. The first-order chi connectivity index (χ1) is 4.88. The molecule has 1 aromatic rings. The topological polar surface area (TPSA) is 9.23 Å². The van der Waals surface area contributed by atoms with Crippen molar-refractivity contribution in [2.45, 2.75) is 0 Å². The van der Waals surface area contributed by atoms with Crippen LogP contribution in [0.25, 0.3) is 0 Å². The van der Waals surface area contributed by atoms with Crippen LogP contribution in [0.4, 0.5) is 0 Å². The first-order valence-electron chi connectivity index (χ1n) is 3.06. The zero-order valence-corrected chi connectivity index (χ0v) is 12.9. The Bertz CT molecular complexity index is 192. The molecule has 0 amide bonds. The van der Waals surface area contributed by atoms with Crippen molar-refractivity contribution in [3.05, 3.63) is 24.3 Å². The van der Waals surface area contributed by atoms with Crippen molar-refractivity contribution in [1.82, 2.24) is 0 Å². The second-order valence-electron chi connectivity index (χ2n) is 1.95. The Morgan fingerprint density at radius 3 is 2.60 bits per heavy atom. The maximum atomic E-state index is 5.16. The summed E-state index contributed by atoms with van der Waals surface area (Å²) in [6, 6.07) is 8.20. The summed E-state index contributed by atoms with van der Waals surface area (Å²) in [6.45, 7) is 0. The van der Waals surface area contributed by atoms with Crippen LogP contribution in [-0.2, 0) is 22.1 Å². The molecule has 0 aliphatic carbocycles. The molecule has 0 heterocycles. The van der Waals surface area contributed by atoms with Crippen LogP contribution in [0.2, 0.25) is 0 Å². The molecule has 0 saturated heterocycles. The van der Waals surface area contributed by atoms with Crippen LogP contribution in [0, 0.1) is 0 Å². The van der Waals surface area contributed by atoms with E-state index in [4.69, 9.17) is 4.74 Å². The monoisotopic (exact) mass is 388 g/mol. The van der Waals surface area contributed by atoms with Crippen molar-refractivity contribution >= 4 is 15.0 Å². The Morgan fingerprint density at radius 2 is 2.10 bits per heavy atom. The Hall–Kier alpha value is 0.435. The minimum atomic E-state index is -0.924. The number of ether oxygens (including phenoxy) is 1. The quantitative estimate of drug-likeness (QED) is 0.702. The van der Waals surface area contributed by atoms with Crippen LogP contribution in [0.5, 0.6) is 5.75 Å². The van der Waals surface area contributed by atoms with Crippen molar-refractivity contribution in [1.29, 1.82) is 0 Å². The molecule has 0 aromatic heterocycles. The number of rotatable bonds is 2. The van der Waals surface area contributed by atoms with E-state index in [1.807, 2.05) is 12.1 Å². The second-order valence-corrected chi connectivity index (χ2v) is 10.9. The van der Waals surface area contributed by atoms with Gasteiger partial charge in [0, 0.05) is 0 Å². The van der Waals surface area contributed by atoms with E-state index in [0.29, 0.717) is 0 Å². The fraction of sp³-hybridized carbons (Fsp3) is 0.143. The van der Waals surface area contributed by atoms with Crippen LogP contribution in [-0.4, -0.2) is 7.11 Å². The predicted molar refractivity (Wildman–Crippen MR) is 41.6 cm³/mol. The van der Waals surface area contributed by atoms with Gasteiger partial charge in [0.1, 0.15) is 0 Å². The third-order valence-corrected chi connectivity index (χ3v) is 10.0. The van der Waals surface area contributed by atoms with E-state index < -0.39 is 22.1 Å². The average molecular weight is 388 g/mol. The van der Waals surface area contributed by atoms with Crippen LogP contribution >= 0.6 is 11.9 Å². The predicted octanol–water partition coefficient (Wildman–Crippen LogP) is 1.71. The van der Waals surface area contributed by atoms with Gasteiger partial charge in [-0.2, -0.15) is 0 Å². The molecule has 1 aromatic carbocycles. The Balaban J connectivity index is 2.96. The van der Waals surface area contributed by atoms with Gasteiger partial charge < -0.3 is 0 Å². The molecule has 0 bridgehead atoms. The number of hydrogen-bond acceptors (Lipinski definition) is 1. The van der Waals surface area contributed by atoms with Crippen molar-refractivity contribution in [2.24, 2.45) is 0 Å². The summed E-state index contributed by atoms with van der Waals surface area (Å²) in [4.78, 5) is 0. The summed E-state index contributed by atoms with van der Waals surface area (Å²) in [7, 11) is 1.72. The van der Waals surface area contributed by atoms with Crippen molar-refractivity contribution in [3.8, 4) is 5.75 Å². The molecule has 1 nitrogen and oxygen atoms in total. The molecule has 0 aliphatic rings. The van der Waals surface area contributed by atoms with Gasteiger partial charge in [-0.25, -0.2) is 0 Å². The van der Waals surface area contributed by atoms with Crippen LogP contribution in [0.1, 0.15) is 0 Å². The van der Waals surface area contributed by atoms with Gasteiger partial charge in [-0.1, -0.05) is 0 Å². The Labute approximate surface area is 78.5 Å². The van der Waals surface area contributed by atoms with Gasteiger partial charge in [0.15, 0.2) is 0 Å². The normalized spacial score (nSPS) is 8.60. The van der Waals surface area contributed by atoms with Crippen LogP contribution < -0.4 is 7.81 Å². The van der Waals surface area contributed by atoms with Gasteiger partial charge in [0.2, 0.25) is 0 Å². The minimum absolute atomic E-state index is 0.924. The SMILES string of the molecule is COc1cccc[c]1[Hg][Br]. The summed E-state index contributed by atoms with van der Waals surface area (Å²) in [5.41, 5.74) is 0. The fourth-order valence-electron chi connectivity index (χ4n) is 0.813. The third-order valence-electron chi connectivity index (χ3n) is 1.34. The summed E-state index contributed by atoms with van der Waals surface area (Å²) < 4.78 is 6.57. The standard InChI is InChI=1S/C7H7O.BrH.Hg/c1-8-7-5-3-2-4-6-7;;/h2-5H,1H3;1H;/q;;+1/p-1. The van der Waals surface area contributed by atoms with Gasteiger partial charge >= 0.3 is 79.0 Å². The van der Waals surface area contributed by atoms with E-state index in [9.17, 15) is 0 Å². The molecule has 0 aliphatic heterocycles. The molecule has 0 fully saturated rings. The molecule has 0 N–H and O–H groups in total. The summed E-state index contributed by atoms with van der Waals surface area (Å²) in [5.74, 6) is 1.04. The summed E-state index contributed by atoms with van der Waals surface area (Å²) in [5, 5.41) is 0. The van der Waals surface area contributed by atoms with Crippen LogP contribution in [0.15, 0.2) is 24.3 Å². The molecular weight excluding hydrogens is 381 g/mol. The van der Waals surface area contributed by atoms with E-state index in [0.717, 1.165) is 5.75 Å². The Kier molecular flexibility index (Phi) is 3.70. The molecular formula is C7H7BrHgO. The zero-order valence-electron chi connectivity index (χ0n) is 5.80. The number of methoxy groups -OCH3 is 1. The third kappa shape index (κ3) is 1.96. The van der Waals surface area contributed by atoms with Crippen molar-refractivity contribution < 1.29 is 26.9 Å². The molecule has 0 unspecified atom stereocenters. The molecule has 0 radical (unpaired) electrons. The molecule has 0 spiro atoms. The number of benzene rings is 1. The van der Waals surface area contributed by atoms with E-state index in [-0.39, 0.29) is 0 Å². The number of para-hydroxylation sites is 1. The fourth-order valence-corrected chi connectivity index (χ4v) is 7.28. The molecule has 10 heavy (non-hydrogen) atoms. The molecule has 1 rings (SSSR count). The number of hydrogen-bond donors (Lipinski definition) is 0. The average Bonchev–Trinajstić information content (AvgIpc) is 2.04. The zero-order chi connectivity index (χ0) is 7.40. The molecule has 0 atom stereocenters. The van der Waals surface area contributed by atoms with Gasteiger partial charge in [-0.3, -0.25) is 0 Å². The molecule has 3 heteroatoms. The van der Waals surface area contributed by atoms with E-state index >= 15 is 0 Å². The molecule has 50 valence electrons. The van der Waals surface area contributed by atoms with E-state index in [1.165, 1.54) is 3.07 Å². The van der Waals surface area contributed by atoms with Crippen molar-refractivity contribution in [3.63, 3.8) is 0 Å². The van der Waals surface area contributed by atoms with Crippen LogP contribution in [0.3, 0.4) is 0 Å². The van der Waals surface area contributed by atoms with E-state index in [2.05, 4.69) is 24.0 Å². The van der Waals surface area contributed by atoms with Gasteiger partial charge in [-0.05, 0) is 0 Å². The second kappa shape index (κ2) is 4.34. The van der Waals surface area contributed by atoms with Gasteiger partial charge in [0.25, 0.3) is 0 Å². The molecule has 0 saturated carbocycles. The van der Waals surface area contributed by atoms with Crippen molar-refractivity contribution in [2.75, 3.05) is 7.11 Å². The maximum absolute atomic E-state index is 5.16.